The predicted molar refractivity (Wildman–Crippen MR) is 53.8 cm³/mol. The number of aliphatic hydroxyl groups is 1. The number of piperidine rings is 1. The van der Waals surface area contributed by atoms with Crippen LogP contribution in [0, 0.1) is 11.8 Å². The molecule has 2 nitrogen and oxygen atoms in total. The fourth-order valence-corrected chi connectivity index (χ4v) is 2.74. The minimum atomic E-state index is -0.859. The van der Waals surface area contributed by atoms with Crippen molar-refractivity contribution in [2.45, 2.75) is 50.9 Å². The van der Waals surface area contributed by atoms with Gasteiger partial charge in [0.1, 0.15) is 6.17 Å². The lowest BCUT2D eigenvalue weighted by Crippen LogP contribution is -2.57. The summed E-state index contributed by atoms with van der Waals surface area (Å²) in [5.41, 5.74) is -0.0542. The average Bonchev–Trinajstić information content (AvgIpc) is 2.93. The van der Waals surface area contributed by atoms with Crippen LogP contribution in [0.5, 0.6) is 0 Å². The van der Waals surface area contributed by atoms with Crippen LogP contribution in [0.3, 0.4) is 0 Å². The Labute approximate surface area is 84.9 Å². The Kier molecular flexibility index (Phi) is 2.56. The molecule has 1 spiro atoms. The summed E-state index contributed by atoms with van der Waals surface area (Å²) in [5, 5.41) is 13.4. The minimum Gasteiger partial charge on any atom is -0.392 e. The molecule has 14 heavy (non-hydrogen) atoms. The number of alkyl halides is 1. The summed E-state index contributed by atoms with van der Waals surface area (Å²) < 4.78 is 13.8. The van der Waals surface area contributed by atoms with Gasteiger partial charge in [-0.3, -0.25) is 0 Å². The van der Waals surface area contributed by atoms with E-state index in [2.05, 4.69) is 5.32 Å². The Hall–Kier alpha value is -0.150. The van der Waals surface area contributed by atoms with Gasteiger partial charge in [0.05, 0.1) is 6.10 Å². The van der Waals surface area contributed by atoms with Gasteiger partial charge in [-0.25, -0.2) is 4.39 Å². The largest absolute Gasteiger partial charge is 0.392 e. The molecule has 0 radical (unpaired) electrons. The fraction of sp³-hybridized carbons (Fsp3) is 1.00. The van der Waals surface area contributed by atoms with Gasteiger partial charge in [-0.05, 0) is 25.2 Å². The molecule has 0 amide bonds. The molecule has 0 unspecified atom stereocenters. The van der Waals surface area contributed by atoms with Crippen molar-refractivity contribution in [2.75, 3.05) is 6.54 Å². The SMILES string of the molecule is CC[C@H](F)[C@@H]1[C@@H](O)[C@H](C)CNC12CC2. The van der Waals surface area contributed by atoms with Crippen molar-refractivity contribution in [1.29, 1.82) is 0 Å². The molecular weight excluding hydrogens is 181 g/mol. The molecule has 2 rings (SSSR count). The standard InChI is InChI=1S/C11H20FNO/c1-3-8(12)9-10(14)7(2)6-13-11(9)4-5-11/h7-10,13-14H,3-6H2,1-2H3/t7-,8+,9-,10+/m1/s1. The van der Waals surface area contributed by atoms with Gasteiger partial charge in [0.25, 0.3) is 0 Å². The summed E-state index contributed by atoms with van der Waals surface area (Å²) in [7, 11) is 0. The molecule has 2 aliphatic rings. The average molecular weight is 201 g/mol. The van der Waals surface area contributed by atoms with Crippen LogP contribution in [0.15, 0.2) is 0 Å². The molecule has 3 heteroatoms. The Morgan fingerprint density at radius 2 is 2.21 bits per heavy atom. The summed E-state index contributed by atoms with van der Waals surface area (Å²) >= 11 is 0. The first-order chi connectivity index (χ1) is 6.60. The second-order valence-electron chi connectivity index (χ2n) is 4.95. The second kappa shape index (κ2) is 3.46. The zero-order valence-corrected chi connectivity index (χ0v) is 8.96. The van der Waals surface area contributed by atoms with Gasteiger partial charge in [0, 0.05) is 18.0 Å². The van der Waals surface area contributed by atoms with Gasteiger partial charge in [-0.1, -0.05) is 13.8 Å². The van der Waals surface area contributed by atoms with Crippen molar-refractivity contribution in [3.8, 4) is 0 Å². The van der Waals surface area contributed by atoms with Gasteiger partial charge in [-0.15, -0.1) is 0 Å². The van der Waals surface area contributed by atoms with E-state index < -0.39 is 12.3 Å². The van der Waals surface area contributed by atoms with Gasteiger partial charge in [0.2, 0.25) is 0 Å². The van der Waals surface area contributed by atoms with Gasteiger partial charge in [0.15, 0.2) is 0 Å². The minimum absolute atomic E-state index is 0.0542. The van der Waals surface area contributed by atoms with E-state index in [1.165, 1.54) is 0 Å². The maximum atomic E-state index is 13.8. The van der Waals surface area contributed by atoms with E-state index in [0.29, 0.717) is 6.42 Å². The number of halogens is 1. The third kappa shape index (κ3) is 1.47. The van der Waals surface area contributed by atoms with E-state index in [1.807, 2.05) is 13.8 Å². The normalized spacial score (nSPS) is 42.4. The van der Waals surface area contributed by atoms with Crippen molar-refractivity contribution >= 4 is 0 Å². The quantitative estimate of drug-likeness (QED) is 0.709. The molecule has 1 aliphatic carbocycles. The van der Waals surface area contributed by atoms with E-state index in [1.54, 1.807) is 0 Å². The zero-order chi connectivity index (χ0) is 10.3. The van der Waals surface area contributed by atoms with Gasteiger partial charge < -0.3 is 10.4 Å². The molecule has 1 saturated carbocycles. The second-order valence-corrected chi connectivity index (χ2v) is 4.95. The summed E-state index contributed by atoms with van der Waals surface area (Å²) in [6, 6.07) is 0. The fourth-order valence-electron chi connectivity index (χ4n) is 2.74. The van der Waals surface area contributed by atoms with Crippen molar-refractivity contribution in [3.63, 3.8) is 0 Å². The number of aliphatic hydroxyl groups excluding tert-OH is 1. The Morgan fingerprint density at radius 3 is 2.71 bits per heavy atom. The highest BCUT2D eigenvalue weighted by atomic mass is 19.1. The third-order valence-electron chi connectivity index (χ3n) is 3.93. The van der Waals surface area contributed by atoms with E-state index in [0.717, 1.165) is 19.4 Å². The van der Waals surface area contributed by atoms with Crippen LogP contribution in [0.25, 0.3) is 0 Å². The molecule has 2 N–H and O–H groups in total. The summed E-state index contributed by atoms with van der Waals surface area (Å²) in [4.78, 5) is 0. The van der Waals surface area contributed by atoms with Crippen LogP contribution in [-0.2, 0) is 0 Å². The maximum absolute atomic E-state index is 13.8. The van der Waals surface area contributed by atoms with E-state index in [9.17, 15) is 9.50 Å². The Balaban J connectivity index is 2.14. The van der Waals surface area contributed by atoms with Crippen molar-refractivity contribution < 1.29 is 9.50 Å². The first-order valence-electron chi connectivity index (χ1n) is 5.68. The van der Waals surface area contributed by atoms with Gasteiger partial charge >= 0.3 is 0 Å². The number of hydrogen-bond donors (Lipinski definition) is 2. The van der Waals surface area contributed by atoms with Crippen LogP contribution in [0.4, 0.5) is 4.39 Å². The number of rotatable bonds is 2. The van der Waals surface area contributed by atoms with Crippen molar-refractivity contribution in [2.24, 2.45) is 11.8 Å². The van der Waals surface area contributed by atoms with E-state index >= 15 is 0 Å². The molecule has 0 bridgehead atoms. The lowest BCUT2D eigenvalue weighted by atomic mass is 9.77. The lowest BCUT2D eigenvalue weighted by Gasteiger charge is -2.42. The summed E-state index contributed by atoms with van der Waals surface area (Å²) in [6.07, 6.45) is 1.25. The molecule has 1 aliphatic heterocycles. The first kappa shape index (κ1) is 10.4. The van der Waals surface area contributed by atoms with Gasteiger partial charge in [-0.2, -0.15) is 0 Å². The summed E-state index contributed by atoms with van der Waals surface area (Å²) in [6.45, 7) is 4.67. The number of nitrogens with one attached hydrogen (secondary N) is 1. The topological polar surface area (TPSA) is 32.3 Å². The highest BCUT2D eigenvalue weighted by Gasteiger charge is 2.57. The number of hydrogen-bond acceptors (Lipinski definition) is 2. The smallest absolute Gasteiger partial charge is 0.107 e. The molecule has 4 atom stereocenters. The van der Waals surface area contributed by atoms with E-state index in [-0.39, 0.29) is 17.4 Å². The van der Waals surface area contributed by atoms with Crippen LogP contribution >= 0.6 is 0 Å². The molecule has 0 aromatic heterocycles. The molecule has 2 fully saturated rings. The third-order valence-corrected chi connectivity index (χ3v) is 3.93. The lowest BCUT2D eigenvalue weighted by molar-refractivity contribution is -0.0352. The molecule has 0 aromatic rings. The zero-order valence-electron chi connectivity index (χ0n) is 8.96. The molecule has 1 heterocycles. The highest BCUT2D eigenvalue weighted by molar-refractivity contribution is 5.13. The predicted octanol–water partition coefficient (Wildman–Crippen LogP) is 1.48. The monoisotopic (exact) mass is 201 g/mol. The van der Waals surface area contributed by atoms with Crippen LogP contribution < -0.4 is 5.32 Å². The molecule has 0 aromatic carbocycles. The van der Waals surface area contributed by atoms with Crippen LogP contribution in [0.1, 0.15) is 33.1 Å². The van der Waals surface area contributed by atoms with Crippen LogP contribution in [-0.4, -0.2) is 29.5 Å². The maximum Gasteiger partial charge on any atom is 0.107 e. The van der Waals surface area contributed by atoms with Crippen molar-refractivity contribution in [3.05, 3.63) is 0 Å². The Morgan fingerprint density at radius 1 is 1.57 bits per heavy atom. The molecule has 1 saturated heterocycles. The van der Waals surface area contributed by atoms with E-state index in [4.69, 9.17) is 0 Å². The Bertz CT molecular complexity index is 217. The molecule has 82 valence electrons. The molecular formula is C11H20FNO. The highest BCUT2D eigenvalue weighted by Crippen LogP contribution is 2.49. The summed E-state index contributed by atoms with van der Waals surface area (Å²) in [5.74, 6) is -0.00715. The van der Waals surface area contributed by atoms with Crippen molar-refractivity contribution in [1.82, 2.24) is 5.32 Å². The van der Waals surface area contributed by atoms with Crippen LogP contribution in [0.2, 0.25) is 0 Å². The first-order valence-corrected chi connectivity index (χ1v) is 5.68.